The van der Waals surface area contributed by atoms with Gasteiger partial charge in [0.2, 0.25) is 0 Å². The second-order valence-electron chi connectivity index (χ2n) is 1.34. The average Bonchev–Trinajstić information content (AvgIpc) is 1.89. The molecule has 0 aliphatic rings. The normalized spacial score (nSPS) is 8.00. The predicted octanol–water partition coefficient (Wildman–Crippen LogP) is -1.71. The molecular formula is C6H12O4. The third-order valence-electron chi connectivity index (χ3n) is 0.400. The molecule has 0 saturated heterocycles. The van der Waals surface area contributed by atoms with E-state index in [1.165, 1.54) is 0 Å². The van der Waals surface area contributed by atoms with Crippen LogP contribution in [0, 0.1) is 12.3 Å². The number of hydrogen-bond donors (Lipinski definition) is 4. The van der Waals surface area contributed by atoms with Crippen LogP contribution in [0.4, 0.5) is 0 Å². The zero-order valence-electron chi connectivity index (χ0n) is 5.56. The van der Waals surface area contributed by atoms with Crippen molar-refractivity contribution in [3.05, 3.63) is 0 Å². The molecule has 10 heavy (non-hydrogen) atoms. The van der Waals surface area contributed by atoms with Gasteiger partial charge < -0.3 is 20.4 Å². The molecule has 0 amide bonds. The van der Waals surface area contributed by atoms with E-state index in [4.69, 9.17) is 20.4 Å². The summed E-state index contributed by atoms with van der Waals surface area (Å²) >= 11 is 0. The molecule has 4 heteroatoms. The van der Waals surface area contributed by atoms with E-state index >= 15 is 0 Å². The zero-order chi connectivity index (χ0) is 8.41. The number of terminal acetylenes is 1. The molecule has 0 unspecified atom stereocenters. The number of aliphatic hydroxyl groups is 4. The van der Waals surface area contributed by atoms with Gasteiger partial charge in [-0.2, -0.15) is 0 Å². The minimum atomic E-state index is -1.34. The minimum Gasteiger partial charge on any atom is -0.394 e. The van der Waals surface area contributed by atoms with Crippen molar-refractivity contribution in [2.45, 2.75) is 12.7 Å². The molecule has 0 aliphatic carbocycles. The zero-order valence-corrected chi connectivity index (χ0v) is 5.56. The van der Waals surface area contributed by atoms with Crippen molar-refractivity contribution < 1.29 is 20.4 Å². The lowest BCUT2D eigenvalue weighted by Crippen LogP contribution is -2.00. The monoisotopic (exact) mass is 148 g/mol. The first-order chi connectivity index (χ1) is 4.68. The van der Waals surface area contributed by atoms with Crippen LogP contribution in [0.25, 0.3) is 0 Å². The third kappa shape index (κ3) is 26.2. The second-order valence-corrected chi connectivity index (χ2v) is 1.34. The maximum Gasteiger partial charge on any atom is 0.162 e. The Balaban J connectivity index is 0. The highest BCUT2D eigenvalue weighted by Gasteiger charge is 1.86. The molecular weight excluding hydrogens is 136 g/mol. The van der Waals surface area contributed by atoms with Gasteiger partial charge in [0.05, 0.1) is 19.6 Å². The topological polar surface area (TPSA) is 80.9 Å². The van der Waals surface area contributed by atoms with E-state index in [0.29, 0.717) is 0 Å². The molecule has 4 N–H and O–H groups in total. The minimum absolute atomic E-state index is 0.0139. The first-order valence-electron chi connectivity index (χ1n) is 2.70. The summed E-state index contributed by atoms with van der Waals surface area (Å²) in [5, 5.41) is 31.2. The van der Waals surface area contributed by atoms with E-state index in [2.05, 4.69) is 12.3 Å². The van der Waals surface area contributed by atoms with Crippen molar-refractivity contribution >= 4 is 0 Å². The maximum absolute atomic E-state index is 7.97. The number of hydrogen-bond acceptors (Lipinski definition) is 4. The van der Waals surface area contributed by atoms with E-state index in [0.717, 1.165) is 0 Å². The van der Waals surface area contributed by atoms with E-state index in [9.17, 15) is 0 Å². The third-order valence-corrected chi connectivity index (χ3v) is 0.400. The van der Waals surface area contributed by atoms with Crippen LogP contribution < -0.4 is 0 Å². The van der Waals surface area contributed by atoms with E-state index < -0.39 is 6.29 Å². The van der Waals surface area contributed by atoms with Gasteiger partial charge in [-0.15, -0.1) is 12.3 Å². The van der Waals surface area contributed by atoms with E-state index in [1.54, 1.807) is 0 Å². The summed E-state index contributed by atoms with van der Waals surface area (Å²) < 4.78 is 0. The second kappa shape index (κ2) is 11.2. The lowest BCUT2D eigenvalue weighted by Gasteiger charge is -1.90. The molecule has 0 aromatic carbocycles. The van der Waals surface area contributed by atoms with Gasteiger partial charge in [-0.05, 0) is 0 Å². The molecule has 60 valence electrons. The van der Waals surface area contributed by atoms with E-state index in [-0.39, 0.29) is 19.6 Å². The Labute approximate surface area is 59.7 Å². The van der Waals surface area contributed by atoms with Crippen LogP contribution in [-0.4, -0.2) is 39.9 Å². The van der Waals surface area contributed by atoms with Crippen LogP contribution in [0.15, 0.2) is 0 Å². The lowest BCUT2D eigenvalue weighted by molar-refractivity contribution is -0.0343. The highest BCUT2D eigenvalue weighted by molar-refractivity contribution is 4.83. The van der Waals surface area contributed by atoms with Crippen LogP contribution in [0.2, 0.25) is 0 Å². The van der Waals surface area contributed by atoms with Crippen molar-refractivity contribution in [1.29, 1.82) is 0 Å². The Kier molecular flexibility index (Phi) is 13.6. The summed E-state index contributed by atoms with van der Waals surface area (Å²) in [7, 11) is 0. The fraction of sp³-hybridized carbons (Fsp3) is 0.667. The van der Waals surface area contributed by atoms with Crippen LogP contribution in [-0.2, 0) is 0 Å². The van der Waals surface area contributed by atoms with Crippen molar-refractivity contribution in [3.63, 3.8) is 0 Å². The molecule has 0 radical (unpaired) electrons. The first kappa shape index (κ1) is 12.1. The number of aliphatic hydroxyl groups excluding tert-OH is 3. The molecule has 0 aliphatic heterocycles. The van der Waals surface area contributed by atoms with Gasteiger partial charge in [0.15, 0.2) is 6.29 Å². The largest absolute Gasteiger partial charge is 0.394 e. The summed E-state index contributed by atoms with van der Waals surface area (Å²) in [5.74, 6) is 2.07. The Bertz CT molecular complexity index is 82.2. The van der Waals surface area contributed by atoms with Gasteiger partial charge in [-0.1, -0.05) is 0 Å². The number of rotatable bonds is 2. The first-order valence-corrected chi connectivity index (χ1v) is 2.70. The Morgan fingerprint density at radius 2 is 1.60 bits per heavy atom. The Morgan fingerprint density at radius 3 is 1.60 bits per heavy atom. The fourth-order valence-corrected chi connectivity index (χ4v) is 0.105. The predicted molar refractivity (Wildman–Crippen MR) is 35.8 cm³/mol. The summed E-state index contributed by atoms with van der Waals surface area (Å²) in [6.07, 6.45) is 3.34. The molecule has 0 atom stereocenters. The lowest BCUT2D eigenvalue weighted by atomic mass is 10.4. The Hall–Kier alpha value is -0.600. The Morgan fingerprint density at radius 1 is 1.20 bits per heavy atom. The van der Waals surface area contributed by atoms with Gasteiger partial charge in [0.25, 0.3) is 0 Å². The van der Waals surface area contributed by atoms with Gasteiger partial charge in [-0.3, -0.25) is 0 Å². The van der Waals surface area contributed by atoms with Gasteiger partial charge >= 0.3 is 0 Å². The summed E-state index contributed by atoms with van der Waals surface area (Å²) in [4.78, 5) is 0. The van der Waals surface area contributed by atoms with E-state index in [1.807, 2.05) is 0 Å². The fourth-order valence-electron chi connectivity index (χ4n) is 0.105. The molecule has 0 aromatic rings. The average molecular weight is 148 g/mol. The van der Waals surface area contributed by atoms with Crippen LogP contribution in [0.3, 0.4) is 0 Å². The summed E-state index contributed by atoms with van der Waals surface area (Å²) in [6.45, 7) is -0.250. The van der Waals surface area contributed by atoms with Crippen molar-refractivity contribution in [2.75, 3.05) is 13.2 Å². The molecule has 0 spiro atoms. The maximum atomic E-state index is 7.97. The molecule has 0 fully saturated rings. The van der Waals surface area contributed by atoms with Crippen LogP contribution >= 0.6 is 0 Å². The van der Waals surface area contributed by atoms with Gasteiger partial charge in [-0.25, -0.2) is 0 Å². The van der Waals surface area contributed by atoms with Crippen molar-refractivity contribution in [3.8, 4) is 12.3 Å². The van der Waals surface area contributed by atoms with Gasteiger partial charge in [0, 0.05) is 0 Å². The highest BCUT2D eigenvalue weighted by atomic mass is 16.5. The SMILES string of the molecule is C#CCC(O)O.OCCO. The summed E-state index contributed by atoms with van der Waals surface area (Å²) in [6, 6.07) is 0. The van der Waals surface area contributed by atoms with Crippen LogP contribution in [0.1, 0.15) is 6.42 Å². The molecule has 0 bridgehead atoms. The van der Waals surface area contributed by atoms with Crippen LogP contribution in [0.5, 0.6) is 0 Å². The van der Waals surface area contributed by atoms with Crippen molar-refractivity contribution in [1.82, 2.24) is 0 Å². The van der Waals surface area contributed by atoms with Crippen molar-refractivity contribution in [2.24, 2.45) is 0 Å². The quantitative estimate of drug-likeness (QED) is 0.278. The standard InChI is InChI=1S/C4H6O2.C2H6O2/c1-2-3-4(5)6;3-1-2-4/h1,4-6H,3H2;3-4H,1-2H2. The molecule has 0 saturated carbocycles. The molecule has 4 nitrogen and oxygen atoms in total. The summed E-state index contributed by atoms with van der Waals surface area (Å²) in [5.41, 5.74) is 0. The molecule has 0 rings (SSSR count). The smallest absolute Gasteiger partial charge is 0.162 e. The molecule has 0 aromatic heterocycles. The highest BCUT2D eigenvalue weighted by Crippen LogP contribution is 1.77. The van der Waals surface area contributed by atoms with Gasteiger partial charge in [0.1, 0.15) is 0 Å². The molecule has 0 heterocycles.